The molecular weight excluding hydrogens is 538 g/mol. The molecular formula is C37H22ClN3O. The van der Waals surface area contributed by atoms with Crippen molar-refractivity contribution in [2.75, 3.05) is 0 Å². The zero-order chi connectivity index (χ0) is 28.0. The van der Waals surface area contributed by atoms with Crippen LogP contribution in [0.1, 0.15) is 0 Å². The van der Waals surface area contributed by atoms with Crippen molar-refractivity contribution in [2.24, 2.45) is 0 Å². The quantitative estimate of drug-likeness (QED) is 0.215. The van der Waals surface area contributed by atoms with E-state index in [1.165, 1.54) is 10.8 Å². The van der Waals surface area contributed by atoms with Crippen LogP contribution in [0, 0.1) is 0 Å². The lowest BCUT2D eigenvalue weighted by Crippen LogP contribution is -2.00. The van der Waals surface area contributed by atoms with E-state index in [2.05, 4.69) is 54.6 Å². The van der Waals surface area contributed by atoms with Gasteiger partial charge in [-0.3, -0.25) is 0 Å². The molecule has 0 atom stereocenters. The lowest BCUT2D eigenvalue weighted by atomic mass is 10.0. The van der Waals surface area contributed by atoms with E-state index in [4.69, 9.17) is 31.0 Å². The van der Waals surface area contributed by atoms with Gasteiger partial charge in [0.2, 0.25) is 0 Å². The molecule has 6 aromatic carbocycles. The van der Waals surface area contributed by atoms with Gasteiger partial charge in [0, 0.05) is 32.5 Å². The van der Waals surface area contributed by atoms with Gasteiger partial charge < -0.3 is 4.42 Å². The van der Waals surface area contributed by atoms with Crippen LogP contribution >= 0.6 is 11.6 Å². The Morgan fingerprint density at radius 2 is 1.07 bits per heavy atom. The summed E-state index contributed by atoms with van der Waals surface area (Å²) in [5.74, 6) is 1.81. The molecule has 8 aromatic rings. The van der Waals surface area contributed by atoms with Crippen LogP contribution in [-0.4, -0.2) is 15.0 Å². The Hall–Kier alpha value is -5.32. The fraction of sp³-hybridized carbons (Fsp3) is 0. The highest BCUT2D eigenvalue weighted by Gasteiger charge is 2.16. The molecule has 0 amide bonds. The van der Waals surface area contributed by atoms with Crippen molar-refractivity contribution in [3.63, 3.8) is 0 Å². The minimum absolute atomic E-state index is 0.588. The lowest BCUT2D eigenvalue weighted by Gasteiger charge is -2.09. The maximum atomic E-state index is 6.34. The van der Waals surface area contributed by atoms with Crippen molar-refractivity contribution in [1.82, 2.24) is 15.0 Å². The van der Waals surface area contributed by atoms with Gasteiger partial charge in [0.05, 0.1) is 0 Å². The SMILES string of the molecule is Clc1cccc(-c2ccc(-c3nc(-c4ccccc4)nc(-c4ccc5c(c4)oc4ccc6ccccc6c45)n3)cc2)c1. The number of rotatable bonds is 4. The highest BCUT2D eigenvalue weighted by Crippen LogP contribution is 2.36. The van der Waals surface area contributed by atoms with Crippen LogP contribution in [0.4, 0.5) is 0 Å². The highest BCUT2D eigenvalue weighted by molar-refractivity contribution is 6.30. The van der Waals surface area contributed by atoms with E-state index >= 15 is 0 Å². The molecule has 2 aromatic heterocycles. The average Bonchev–Trinajstić information content (AvgIpc) is 3.43. The second-order valence-corrected chi connectivity index (χ2v) is 10.7. The van der Waals surface area contributed by atoms with Gasteiger partial charge in [-0.1, -0.05) is 115 Å². The van der Waals surface area contributed by atoms with Gasteiger partial charge in [-0.05, 0) is 52.2 Å². The Morgan fingerprint density at radius 1 is 0.429 bits per heavy atom. The standard InChI is InChI=1S/C37H22ClN3O/c38-29-11-6-10-27(21-29)23-13-15-26(16-14-23)36-39-35(25-8-2-1-3-9-25)40-37(41-36)28-17-19-31-33(22-28)42-32-20-18-24-7-4-5-12-30(24)34(31)32/h1-22H. The van der Waals surface area contributed by atoms with Crippen LogP contribution in [0.25, 0.3) is 78.0 Å². The normalized spacial score (nSPS) is 11.5. The van der Waals surface area contributed by atoms with Gasteiger partial charge >= 0.3 is 0 Å². The molecule has 0 saturated carbocycles. The monoisotopic (exact) mass is 559 g/mol. The first-order valence-corrected chi connectivity index (χ1v) is 14.1. The minimum atomic E-state index is 0.588. The Kier molecular flexibility index (Phi) is 5.80. The zero-order valence-corrected chi connectivity index (χ0v) is 23.1. The van der Waals surface area contributed by atoms with Crippen molar-refractivity contribution in [3.8, 4) is 45.3 Å². The average molecular weight is 560 g/mol. The summed E-state index contributed by atoms with van der Waals surface area (Å²) in [5, 5.41) is 5.26. The number of hydrogen-bond donors (Lipinski definition) is 0. The summed E-state index contributed by atoms with van der Waals surface area (Å²) in [5.41, 5.74) is 6.48. The van der Waals surface area contributed by atoms with Crippen LogP contribution in [0.15, 0.2) is 138 Å². The maximum absolute atomic E-state index is 6.34. The molecule has 0 fully saturated rings. The number of hydrogen-bond acceptors (Lipinski definition) is 4. The lowest BCUT2D eigenvalue weighted by molar-refractivity contribution is 0.669. The van der Waals surface area contributed by atoms with E-state index in [1.54, 1.807) is 0 Å². The Labute approximate surface area is 246 Å². The number of nitrogens with zero attached hydrogens (tertiary/aromatic N) is 3. The summed E-state index contributed by atoms with van der Waals surface area (Å²) in [6.45, 7) is 0. The predicted molar refractivity (Wildman–Crippen MR) is 171 cm³/mol. The first-order valence-electron chi connectivity index (χ1n) is 13.7. The molecule has 0 spiro atoms. The van der Waals surface area contributed by atoms with Crippen molar-refractivity contribution < 1.29 is 4.42 Å². The van der Waals surface area contributed by atoms with Crippen LogP contribution in [0.5, 0.6) is 0 Å². The number of aromatic nitrogens is 3. The third-order valence-corrected chi connectivity index (χ3v) is 7.82. The molecule has 0 bridgehead atoms. The summed E-state index contributed by atoms with van der Waals surface area (Å²) in [4.78, 5) is 14.7. The fourth-order valence-electron chi connectivity index (χ4n) is 5.52. The zero-order valence-electron chi connectivity index (χ0n) is 22.3. The second kappa shape index (κ2) is 9.95. The van der Waals surface area contributed by atoms with Gasteiger partial charge in [-0.25, -0.2) is 15.0 Å². The van der Waals surface area contributed by atoms with Crippen LogP contribution in [0.2, 0.25) is 5.02 Å². The Balaban J connectivity index is 1.26. The van der Waals surface area contributed by atoms with Gasteiger partial charge in [0.1, 0.15) is 11.2 Å². The van der Waals surface area contributed by atoms with Gasteiger partial charge in [0.15, 0.2) is 17.5 Å². The molecule has 0 unspecified atom stereocenters. The van der Waals surface area contributed by atoms with Crippen LogP contribution < -0.4 is 0 Å². The summed E-state index contributed by atoms with van der Waals surface area (Å²) in [6, 6.07) is 44.8. The van der Waals surface area contributed by atoms with Gasteiger partial charge in [0.25, 0.3) is 0 Å². The molecule has 0 aliphatic carbocycles. The third kappa shape index (κ3) is 4.30. The smallest absolute Gasteiger partial charge is 0.164 e. The van der Waals surface area contributed by atoms with Crippen molar-refractivity contribution in [2.45, 2.75) is 0 Å². The Morgan fingerprint density at radius 3 is 1.86 bits per heavy atom. The Bertz CT molecular complexity index is 2260. The molecule has 2 heterocycles. The molecule has 0 N–H and O–H groups in total. The van der Waals surface area contributed by atoms with E-state index in [-0.39, 0.29) is 0 Å². The van der Waals surface area contributed by atoms with Gasteiger partial charge in [-0.2, -0.15) is 0 Å². The summed E-state index contributed by atoms with van der Waals surface area (Å²) in [7, 11) is 0. The number of benzene rings is 6. The summed E-state index contributed by atoms with van der Waals surface area (Å²) >= 11 is 6.22. The van der Waals surface area contributed by atoms with Crippen LogP contribution in [-0.2, 0) is 0 Å². The van der Waals surface area contributed by atoms with E-state index in [0.29, 0.717) is 22.5 Å². The molecule has 0 aliphatic rings. The van der Waals surface area contributed by atoms with Crippen LogP contribution in [0.3, 0.4) is 0 Å². The molecule has 198 valence electrons. The molecule has 42 heavy (non-hydrogen) atoms. The number of fused-ring (bicyclic) bond motifs is 5. The second-order valence-electron chi connectivity index (χ2n) is 10.2. The topological polar surface area (TPSA) is 51.8 Å². The van der Waals surface area contributed by atoms with Crippen molar-refractivity contribution in [1.29, 1.82) is 0 Å². The minimum Gasteiger partial charge on any atom is -0.456 e. The fourth-order valence-corrected chi connectivity index (χ4v) is 5.71. The largest absolute Gasteiger partial charge is 0.456 e. The summed E-state index contributed by atoms with van der Waals surface area (Å²) < 4.78 is 6.34. The maximum Gasteiger partial charge on any atom is 0.164 e. The molecule has 0 saturated heterocycles. The third-order valence-electron chi connectivity index (χ3n) is 7.59. The first-order chi connectivity index (χ1) is 20.7. The molecule has 8 rings (SSSR count). The van der Waals surface area contributed by atoms with E-state index in [9.17, 15) is 0 Å². The van der Waals surface area contributed by atoms with E-state index in [0.717, 1.165) is 49.8 Å². The molecule has 0 radical (unpaired) electrons. The highest BCUT2D eigenvalue weighted by atomic mass is 35.5. The van der Waals surface area contributed by atoms with E-state index in [1.807, 2.05) is 78.9 Å². The predicted octanol–water partition coefficient (Wildman–Crippen LogP) is 10.2. The molecule has 5 heteroatoms. The van der Waals surface area contributed by atoms with Crippen molar-refractivity contribution in [3.05, 3.63) is 138 Å². The summed E-state index contributed by atoms with van der Waals surface area (Å²) in [6.07, 6.45) is 0. The van der Waals surface area contributed by atoms with E-state index < -0.39 is 0 Å². The molecule has 4 nitrogen and oxygen atoms in total. The first kappa shape index (κ1) is 24.5. The number of halogens is 1. The number of furan rings is 1. The molecule has 0 aliphatic heterocycles. The van der Waals surface area contributed by atoms with Crippen molar-refractivity contribution >= 4 is 44.3 Å². The van der Waals surface area contributed by atoms with Gasteiger partial charge in [-0.15, -0.1) is 0 Å².